The molecule has 0 bridgehead atoms. The van der Waals surface area contributed by atoms with Gasteiger partial charge in [0.2, 0.25) is 5.60 Å². The lowest BCUT2D eigenvalue weighted by Gasteiger charge is -2.18. The number of nitrogens with zero attached hydrogens (tertiary/aromatic N) is 1. The van der Waals surface area contributed by atoms with E-state index in [0.29, 0.717) is 16.7 Å². The van der Waals surface area contributed by atoms with Crippen molar-refractivity contribution in [2.75, 3.05) is 0 Å². The molecule has 8 heteroatoms. The average Bonchev–Trinajstić information content (AvgIpc) is 2.79. The highest BCUT2D eigenvalue weighted by Crippen LogP contribution is 2.23. The third-order valence-electron chi connectivity index (χ3n) is 5.20. The molecule has 0 aliphatic carbocycles. The Labute approximate surface area is 211 Å². The first-order valence-electron chi connectivity index (χ1n) is 11.5. The standard InChI is InChI=1S/C28H33NO7/c1-26(2,3)21(30)17-9-13-19(14-10-17)23(29-36-28(7,8)25(33)34)35-24(32)20-15-11-18(12-16-20)22(31)27(4,5)6/h9-16H,1-8H3,(H,33,34). The van der Waals surface area contributed by atoms with Crippen LogP contribution in [0, 0.1) is 10.8 Å². The van der Waals surface area contributed by atoms with E-state index in [2.05, 4.69) is 5.16 Å². The summed E-state index contributed by atoms with van der Waals surface area (Å²) in [7, 11) is 0. The number of carbonyl (C=O) groups excluding carboxylic acids is 3. The maximum Gasteiger partial charge on any atom is 0.350 e. The predicted molar refractivity (Wildman–Crippen MR) is 135 cm³/mol. The number of aliphatic carboxylic acids is 1. The van der Waals surface area contributed by atoms with Gasteiger partial charge in [-0.2, -0.15) is 0 Å². The minimum Gasteiger partial charge on any atom is -0.478 e. The zero-order chi connectivity index (χ0) is 27.5. The highest BCUT2D eigenvalue weighted by molar-refractivity contribution is 6.06. The smallest absolute Gasteiger partial charge is 0.350 e. The van der Waals surface area contributed by atoms with Crippen LogP contribution in [-0.4, -0.2) is 40.1 Å². The van der Waals surface area contributed by atoms with Crippen LogP contribution in [0.25, 0.3) is 0 Å². The number of hydrogen-bond acceptors (Lipinski definition) is 7. The van der Waals surface area contributed by atoms with Crippen molar-refractivity contribution in [3.05, 3.63) is 70.8 Å². The predicted octanol–water partition coefficient (Wildman–Crippen LogP) is 5.54. The molecule has 0 radical (unpaired) electrons. The van der Waals surface area contributed by atoms with Gasteiger partial charge in [0.15, 0.2) is 11.6 Å². The first-order valence-corrected chi connectivity index (χ1v) is 11.5. The Morgan fingerprint density at radius 3 is 1.36 bits per heavy atom. The summed E-state index contributed by atoms with van der Waals surface area (Å²) in [5.74, 6) is -2.47. The van der Waals surface area contributed by atoms with Crippen molar-refractivity contribution in [1.82, 2.24) is 0 Å². The fraction of sp³-hybridized carbons (Fsp3) is 0.393. The monoisotopic (exact) mass is 495 g/mol. The lowest BCUT2D eigenvalue weighted by molar-refractivity contribution is -0.161. The van der Waals surface area contributed by atoms with Crippen LogP contribution in [0.4, 0.5) is 0 Å². The summed E-state index contributed by atoms with van der Waals surface area (Å²) in [5.41, 5.74) is -1.47. The van der Waals surface area contributed by atoms with Crippen molar-refractivity contribution in [3.8, 4) is 0 Å². The van der Waals surface area contributed by atoms with Crippen LogP contribution >= 0.6 is 0 Å². The third-order valence-corrected chi connectivity index (χ3v) is 5.20. The lowest BCUT2D eigenvalue weighted by atomic mass is 9.86. The molecule has 0 atom stereocenters. The van der Waals surface area contributed by atoms with Crippen molar-refractivity contribution < 1.29 is 33.9 Å². The second kappa shape index (κ2) is 10.4. The van der Waals surface area contributed by atoms with Crippen LogP contribution in [0.2, 0.25) is 0 Å². The van der Waals surface area contributed by atoms with Gasteiger partial charge >= 0.3 is 11.9 Å². The molecule has 36 heavy (non-hydrogen) atoms. The molecule has 2 aromatic carbocycles. The van der Waals surface area contributed by atoms with Crippen LogP contribution in [-0.2, 0) is 14.4 Å². The summed E-state index contributed by atoms with van der Waals surface area (Å²) >= 11 is 0. The second-order valence-electron chi connectivity index (χ2n) is 11.0. The zero-order valence-electron chi connectivity index (χ0n) is 22.0. The topological polar surface area (TPSA) is 119 Å². The summed E-state index contributed by atoms with van der Waals surface area (Å²) in [5, 5.41) is 13.1. The van der Waals surface area contributed by atoms with Gasteiger partial charge in [-0.25, -0.2) is 9.59 Å². The SMILES string of the molecule is CC(C)(C)C(=O)c1ccc(C(=O)OC(=NOC(C)(C)C(=O)O)c2ccc(C(=O)C(C)(C)C)cc2)cc1. The molecule has 0 spiro atoms. The Kier molecular flexibility index (Phi) is 8.24. The van der Waals surface area contributed by atoms with Crippen molar-refractivity contribution >= 4 is 29.4 Å². The summed E-state index contributed by atoms with van der Waals surface area (Å²) < 4.78 is 5.46. The first kappa shape index (κ1) is 28.4. The number of rotatable bonds is 7. The number of esters is 1. The molecule has 0 aliphatic heterocycles. The zero-order valence-corrected chi connectivity index (χ0v) is 22.0. The van der Waals surface area contributed by atoms with Crippen molar-refractivity contribution in [1.29, 1.82) is 0 Å². The van der Waals surface area contributed by atoms with Crippen LogP contribution in [0.5, 0.6) is 0 Å². The second-order valence-corrected chi connectivity index (χ2v) is 11.0. The lowest BCUT2D eigenvalue weighted by Crippen LogP contribution is -2.33. The number of carbonyl (C=O) groups is 4. The van der Waals surface area contributed by atoms with Crippen LogP contribution < -0.4 is 0 Å². The number of ether oxygens (including phenoxy) is 1. The summed E-state index contributed by atoms with van der Waals surface area (Å²) in [6.45, 7) is 13.4. The van der Waals surface area contributed by atoms with Gasteiger partial charge in [0.1, 0.15) is 0 Å². The van der Waals surface area contributed by atoms with E-state index < -0.39 is 28.4 Å². The van der Waals surface area contributed by atoms with Gasteiger partial charge in [-0.3, -0.25) is 9.59 Å². The normalized spacial score (nSPS) is 12.6. The third kappa shape index (κ3) is 7.10. The number of carboxylic acid groups (broad SMARTS) is 1. The summed E-state index contributed by atoms with van der Waals surface area (Å²) in [6, 6.07) is 12.2. The largest absolute Gasteiger partial charge is 0.478 e. The number of ketones is 2. The van der Waals surface area contributed by atoms with E-state index in [9.17, 15) is 24.3 Å². The Morgan fingerprint density at radius 1 is 0.639 bits per heavy atom. The molecule has 0 heterocycles. The number of benzene rings is 2. The quantitative estimate of drug-likeness (QED) is 0.176. The number of Topliss-reactive ketones (excluding diaryl/α,β-unsaturated/α-hetero) is 2. The highest BCUT2D eigenvalue weighted by atomic mass is 16.7. The number of oxime groups is 1. The fourth-order valence-corrected chi connectivity index (χ4v) is 2.86. The molecule has 192 valence electrons. The van der Waals surface area contributed by atoms with Crippen LogP contribution in [0.3, 0.4) is 0 Å². The van der Waals surface area contributed by atoms with Gasteiger partial charge in [0, 0.05) is 27.5 Å². The van der Waals surface area contributed by atoms with E-state index >= 15 is 0 Å². The molecule has 8 nitrogen and oxygen atoms in total. The fourth-order valence-electron chi connectivity index (χ4n) is 2.86. The maximum atomic E-state index is 12.9. The molecular weight excluding hydrogens is 462 g/mol. The Balaban J connectivity index is 2.37. The maximum absolute atomic E-state index is 12.9. The van der Waals surface area contributed by atoms with Crippen LogP contribution in [0.1, 0.15) is 92.0 Å². The molecule has 0 fully saturated rings. The van der Waals surface area contributed by atoms with Gasteiger partial charge in [-0.15, -0.1) is 0 Å². The molecular formula is C28H33NO7. The molecule has 2 rings (SSSR count). The molecule has 0 aromatic heterocycles. The molecule has 0 amide bonds. The summed E-state index contributed by atoms with van der Waals surface area (Å²) in [6.07, 6.45) is 0. The molecule has 2 aromatic rings. The highest BCUT2D eigenvalue weighted by Gasteiger charge is 2.31. The van der Waals surface area contributed by atoms with E-state index in [4.69, 9.17) is 9.57 Å². The van der Waals surface area contributed by atoms with E-state index in [1.807, 2.05) is 0 Å². The van der Waals surface area contributed by atoms with E-state index in [-0.39, 0.29) is 23.0 Å². The van der Waals surface area contributed by atoms with Gasteiger partial charge < -0.3 is 14.7 Å². The van der Waals surface area contributed by atoms with Gasteiger partial charge in [-0.1, -0.05) is 65.8 Å². The Hall–Kier alpha value is -3.81. The summed E-state index contributed by atoms with van der Waals surface area (Å²) in [4.78, 5) is 54.4. The Bertz CT molecular complexity index is 1180. The van der Waals surface area contributed by atoms with Crippen molar-refractivity contribution in [3.63, 3.8) is 0 Å². The number of hydrogen-bond donors (Lipinski definition) is 1. The molecule has 0 aliphatic rings. The minimum atomic E-state index is -1.69. The molecule has 0 saturated heterocycles. The van der Waals surface area contributed by atoms with Crippen molar-refractivity contribution in [2.24, 2.45) is 16.0 Å². The minimum absolute atomic E-state index is 0.0705. The van der Waals surface area contributed by atoms with E-state index in [1.54, 1.807) is 53.7 Å². The van der Waals surface area contributed by atoms with E-state index in [0.717, 1.165) is 0 Å². The van der Waals surface area contributed by atoms with Gasteiger partial charge in [0.05, 0.1) is 5.56 Å². The van der Waals surface area contributed by atoms with Gasteiger partial charge in [0.25, 0.3) is 5.90 Å². The van der Waals surface area contributed by atoms with Gasteiger partial charge in [-0.05, 0) is 43.3 Å². The Morgan fingerprint density at radius 2 is 1.00 bits per heavy atom. The molecule has 1 N–H and O–H groups in total. The van der Waals surface area contributed by atoms with E-state index in [1.165, 1.54) is 50.2 Å². The number of carboxylic acids is 1. The van der Waals surface area contributed by atoms with Crippen molar-refractivity contribution in [2.45, 2.75) is 61.0 Å². The molecule has 0 unspecified atom stereocenters. The van der Waals surface area contributed by atoms with Crippen LogP contribution in [0.15, 0.2) is 53.7 Å². The molecule has 0 saturated carbocycles. The first-order chi connectivity index (χ1) is 16.4. The average molecular weight is 496 g/mol.